The molecule has 0 spiro atoms. The van der Waals surface area contributed by atoms with Crippen LogP contribution >= 0.6 is 39.0 Å². The number of aliphatic hydroxyl groups is 1. The van der Waals surface area contributed by atoms with Crippen molar-refractivity contribution in [1.29, 1.82) is 0 Å². The normalized spacial score (nSPS) is 11.7. The number of thiazole rings is 1. The zero-order chi connectivity index (χ0) is 15.2. The number of hydrogen-bond acceptors (Lipinski definition) is 4. The van der Waals surface area contributed by atoms with E-state index >= 15 is 0 Å². The molecule has 0 saturated heterocycles. The third kappa shape index (κ3) is 4.54. The summed E-state index contributed by atoms with van der Waals surface area (Å²) in [6.07, 6.45) is 3.69. The van der Waals surface area contributed by atoms with E-state index < -0.39 is 0 Å². The number of hydrogen-bond donors (Lipinski definition) is 1. The van der Waals surface area contributed by atoms with Crippen LogP contribution in [-0.4, -0.2) is 10.1 Å². The second-order valence-corrected chi connectivity index (χ2v) is 7.42. The van der Waals surface area contributed by atoms with Crippen LogP contribution in [0.25, 0.3) is 5.57 Å². The molecule has 0 unspecified atom stereocenters. The Bertz CT molecular complexity index is 647. The molecule has 5 heteroatoms. The molecule has 1 aromatic carbocycles. The second-order valence-electron chi connectivity index (χ2n) is 4.37. The SMILES string of the molecule is C=C/C=C(\C)c1nc(CSc2ccc(Br)cc2)c(CO)s1. The first kappa shape index (κ1) is 16.5. The third-order valence-electron chi connectivity index (χ3n) is 2.82. The topological polar surface area (TPSA) is 33.1 Å². The van der Waals surface area contributed by atoms with Crippen LogP contribution in [0.5, 0.6) is 0 Å². The quantitative estimate of drug-likeness (QED) is 0.545. The van der Waals surface area contributed by atoms with E-state index in [4.69, 9.17) is 0 Å². The Morgan fingerprint density at radius 3 is 2.76 bits per heavy atom. The van der Waals surface area contributed by atoms with Crippen LogP contribution in [0.15, 0.2) is 52.4 Å². The summed E-state index contributed by atoms with van der Waals surface area (Å²) in [7, 11) is 0. The molecule has 110 valence electrons. The van der Waals surface area contributed by atoms with Gasteiger partial charge in [0.2, 0.25) is 0 Å². The number of halogens is 1. The number of allylic oxidation sites excluding steroid dienone is 3. The van der Waals surface area contributed by atoms with Gasteiger partial charge < -0.3 is 5.11 Å². The zero-order valence-corrected chi connectivity index (χ0v) is 14.9. The smallest absolute Gasteiger partial charge is 0.119 e. The molecule has 1 heterocycles. The number of aromatic nitrogens is 1. The van der Waals surface area contributed by atoms with E-state index in [1.54, 1.807) is 29.2 Å². The Balaban J connectivity index is 2.13. The van der Waals surface area contributed by atoms with Crippen molar-refractivity contribution in [2.75, 3.05) is 0 Å². The minimum Gasteiger partial charge on any atom is -0.391 e. The van der Waals surface area contributed by atoms with Crippen molar-refractivity contribution >= 4 is 44.6 Å². The summed E-state index contributed by atoms with van der Waals surface area (Å²) in [5.41, 5.74) is 2.03. The van der Waals surface area contributed by atoms with Crippen molar-refractivity contribution in [1.82, 2.24) is 4.98 Å². The van der Waals surface area contributed by atoms with Crippen LogP contribution in [0.2, 0.25) is 0 Å². The maximum Gasteiger partial charge on any atom is 0.119 e. The molecule has 2 nitrogen and oxygen atoms in total. The highest BCUT2D eigenvalue weighted by Gasteiger charge is 2.11. The van der Waals surface area contributed by atoms with Gasteiger partial charge in [-0.05, 0) is 36.8 Å². The minimum absolute atomic E-state index is 0.0370. The molecule has 0 bridgehead atoms. The van der Waals surface area contributed by atoms with Gasteiger partial charge in [-0.3, -0.25) is 0 Å². The highest BCUT2D eigenvalue weighted by molar-refractivity contribution is 9.10. The lowest BCUT2D eigenvalue weighted by Gasteiger charge is -2.01. The summed E-state index contributed by atoms with van der Waals surface area (Å²) in [6, 6.07) is 8.20. The van der Waals surface area contributed by atoms with E-state index in [9.17, 15) is 5.11 Å². The van der Waals surface area contributed by atoms with Gasteiger partial charge in [0.15, 0.2) is 0 Å². The molecule has 0 aliphatic carbocycles. The van der Waals surface area contributed by atoms with Gasteiger partial charge >= 0.3 is 0 Å². The van der Waals surface area contributed by atoms with E-state index in [0.29, 0.717) is 0 Å². The maximum absolute atomic E-state index is 9.49. The summed E-state index contributed by atoms with van der Waals surface area (Å²) < 4.78 is 1.07. The molecule has 0 atom stereocenters. The van der Waals surface area contributed by atoms with Crippen LogP contribution in [0, 0.1) is 0 Å². The highest BCUT2D eigenvalue weighted by Crippen LogP contribution is 2.30. The Morgan fingerprint density at radius 1 is 1.43 bits per heavy atom. The second kappa shape index (κ2) is 7.94. The summed E-state index contributed by atoms with van der Waals surface area (Å²) in [5, 5.41) is 10.4. The van der Waals surface area contributed by atoms with Crippen LogP contribution in [0.1, 0.15) is 22.5 Å². The summed E-state index contributed by atoms with van der Waals surface area (Å²) in [4.78, 5) is 6.77. The zero-order valence-electron chi connectivity index (χ0n) is 11.7. The predicted octanol–water partition coefficient (Wildman–Crippen LogP) is 5.28. The molecule has 1 aromatic heterocycles. The van der Waals surface area contributed by atoms with E-state index in [2.05, 4.69) is 39.6 Å². The molecular formula is C16H16BrNOS2. The molecule has 2 rings (SSSR count). The first-order valence-corrected chi connectivity index (χ1v) is 9.01. The Labute approximate surface area is 141 Å². The van der Waals surface area contributed by atoms with Gasteiger partial charge in [-0.15, -0.1) is 23.1 Å². The molecule has 0 saturated carbocycles. The predicted molar refractivity (Wildman–Crippen MR) is 95.6 cm³/mol. The lowest BCUT2D eigenvalue weighted by Crippen LogP contribution is -1.89. The first-order chi connectivity index (χ1) is 10.1. The number of nitrogens with zero attached hydrogens (tertiary/aromatic N) is 1. The fourth-order valence-electron chi connectivity index (χ4n) is 1.72. The van der Waals surface area contributed by atoms with E-state index in [-0.39, 0.29) is 6.61 Å². The van der Waals surface area contributed by atoms with Gasteiger partial charge in [0.1, 0.15) is 5.01 Å². The molecule has 2 aromatic rings. The number of aliphatic hydroxyl groups excluding tert-OH is 1. The van der Waals surface area contributed by atoms with Gasteiger partial charge in [-0.2, -0.15) is 0 Å². The van der Waals surface area contributed by atoms with Crippen LogP contribution in [-0.2, 0) is 12.4 Å². The molecule has 1 N–H and O–H groups in total. The summed E-state index contributed by atoms with van der Waals surface area (Å²) >= 11 is 6.70. The standard InChI is InChI=1S/C16H16BrNOS2/c1-3-4-11(2)16-18-14(15(9-19)21-16)10-20-13-7-5-12(17)6-8-13/h3-8,19H,1,9-10H2,2H3/b11-4+. The van der Waals surface area contributed by atoms with Crippen molar-refractivity contribution < 1.29 is 5.11 Å². The Kier molecular flexibility index (Phi) is 6.23. The number of thioether (sulfide) groups is 1. The maximum atomic E-state index is 9.49. The van der Waals surface area contributed by atoms with Crippen LogP contribution in [0.4, 0.5) is 0 Å². The fourth-order valence-corrected chi connectivity index (χ4v) is 3.86. The molecule has 0 fully saturated rings. The fraction of sp³-hybridized carbons (Fsp3) is 0.188. The van der Waals surface area contributed by atoms with Gasteiger partial charge in [0.05, 0.1) is 17.2 Å². The van der Waals surface area contributed by atoms with Crippen molar-refractivity contribution in [3.05, 3.63) is 63.0 Å². The molecule has 0 amide bonds. The van der Waals surface area contributed by atoms with Crippen molar-refractivity contribution in [2.45, 2.75) is 24.2 Å². The van der Waals surface area contributed by atoms with E-state index in [1.165, 1.54) is 4.90 Å². The molecule has 0 aliphatic rings. The third-order valence-corrected chi connectivity index (χ3v) is 5.59. The largest absolute Gasteiger partial charge is 0.391 e. The van der Waals surface area contributed by atoms with Gasteiger partial charge in [-0.1, -0.05) is 34.7 Å². The average Bonchev–Trinajstić information content (AvgIpc) is 2.90. The monoisotopic (exact) mass is 381 g/mol. The van der Waals surface area contributed by atoms with E-state index in [1.807, 2.05) is 25.1 Å². The number of benzene rings is 1. The van der Waals surface area contributed by atoms with Gasteiger partial charge in [0, 0.05) is 15.1 Å². The van der Waals surface area contributed by atoms with Crippen molar-refractivity contribution in [3.63, 3.8) is 0 Å². The van der Waals surface area contributed by atoms with Crippen LogP contribution < -0.4 is 0 Å². The lowest BCUT2D eigenvalue weighted by molar-refractivity contribution is 0.284. The average molecular weight is 382 g/mol. The van der Waals surface area contributed by atoms with Crippen LogP contribution in [0.3, 0.4) is 0 Å². The number of rotatable bonds is 6. The molecular weight excluding hydrogens is 366 g/mol. The van der Waals surface area contributed by atoms with Crippen molar-refractivity contribution in [2.24, 2.45) is 0 Å². The first-order valence-electron chi connectivity index (χ1n) is 6.41. The lowest BCUT2D eigenvalue weighted by atomic mass is 10.3. The summed E-state index contributed by atoms with van der Waals surface area (Å²) in [6.45, 7) is 5.75. The minimum atomic E-state index is 0.0370. The highest BCUT2D eigenvalue weighted by atomic mass is 79.9. The van der Waals surface area contributed by atoms with Crippen molar-refractivity contribution in [3.8, 4) is 0 Å². The summed E-state index contributed by atoms with van der Waals surface area (Å²) in [5.74, 6) is 0.759. The molecule has 0 radical (unpaired) electrons. The van der Waals surface area contributed by atoms with E-state index in [0.717, 1.165) is 31.4 Å². The Morgan fingerprint density at radius 2 is 2.14 bits per heavy atom. The van der Waals surface area contributed by atoms with Gasteiger partial charge in [0.25, 0.3) is 0 Å². The Hall–Kier alpha value is -0.880. The van der Waals surface area contributed by atoms with Gasteiger partial charge in [-0.25, -0.2) is 4.98 Å². The molecule has 0 aliphatic heterocycles. The molecule has 21 heavy (non-hydrogen) atoms.